The summed E-state index contributed by atoms with van der Waals surface area (Å²) in [5, 5.41) is 7.15. The molecule has 0 fully saturated rings. The van der Waals surface area contributed by atoms with Crippen LogP contribution >= 0.6 is 0 Å². The summed E-state index contributed by atoms with van der Waals surface area (Å²) in [5.74, 6) is 0.697. The third kappa shape index (κ3) is 3.14. The van der Waals surface area contributed by atoms with Gasteiger partial charge in [0.15, 0.2) is 0 Å². The molecule has 0 saturated carbocycles. The Morgan fingerprint density at radius 2 is 2.21 bits per heavy atom. The SMILES string of the molecule is COc1cccc(/C=N\N=C(N)N)c1. The van der Waals surface area contributed by atoms with Gasteiger partial charge in [-0.3, -0.25) is 0 Å². The first-order chi connectivity index (χ1) is 6.72. The summed E-state index contributed by atoms with van der Waals surface area (Å²) in [6, 6.07) is 7.40. The Hall–Kier alpha value is -2.04. The number of nitrogens with zero attached hydrogens (tertiary/aromatic N) is 2. The van der Waals surface area contributed by atoms with E-state index in [0.29, 0.717) is 0 Å². The van der Waals surface area contributed by atoms with Crippen molar-refractivity contribution in [2.24, 2.45) is 21.7 Å². The molecule has 5 nitrogen and oxygen atoms in total. The van der Waals surface area contributed by atoms with E-state index >= 15 is 0 Å². The molecule has 0 aromatic heterocycles. The number of benzene rings is 1. The molecule has 0 unspecified atom stereocenters. The molecule has 5 heteroatoms. The van der Waals surface area contributed by atoms with Gasteiger partial charge in [-0.1, -0.05) is 12.1 Å². The number of methoxy groups -OCH3 is 1. The second-order valence-electron chi connectivity index (χ2n) is 2.55. The molecule has 0 aliphatic carbocycles. The molecule has 0 atom stereocenters. The first-order valence-electron chi connectivity index (χ1n) is 3.98. The summed E-state index contributed by atoms with van der Waals surface area (Å²) in [7, 11) is 1.60. The van der Waals surface area contributed by atoms with Crippen molar-refractivity contribution in [1.82, 2.24) is 0 Å². The van der Waals surface area contributed by atoms with Crippen LogP contribution in [0.25, 0.3) is 0 Å². The molecular weight excluding hydrogens is 180 g/mol. The maximum Gasteiger partial charge on any atom is 0.211 e. The largest absolute Gasteiger partial charge is 0.497 e. The van der Waals surface area contributed by atoms with E-state index < -0.39 is 0 Å². The lowest BCUT2D eigenvalue weighted by Crippen LogP contribution is -2.21. The molecule has 0 bridgehead atoms. The molecule has 1 aromatic rings. The lowest BCUT2D eigenvalue weighted by atomic mass is 10.2. The minimum absolute atomic E-state index is 0.0656. The van der Waals surface area contributed by atoms with E-state index in [1.165, 1.54) is 0 Å². The Bertz CT molecular complexity index is 356. The molecule has 0 heterocycles. The zero-order chi connectivity index (χ0) is 10.4. The summed E-state index contributed by atoms with van der Waals surface area (Å²) in [6.07, 6.45) is 1.54. The number of nitrogens with two attached hydrogens (primary N) is 2. The van der Waals surface area contributed by atoms with Crippen molar-refractivity contribution in [2.75, 3.05) is 7.11 Å². The summed E-state index contributed by atoms with van der Waals surface area (Å²) in [4.78, 5) is 0. The third-order valence-corrected chi connectivity index (χ3v) is 1.47. The van der Waals surface area contributed by atoms with Crippen molar-refractivity contribution < 1.29 is 4.74 Å². The van der Waals surface area contributed by atoms with E-state index in [-0.39, 0.29) is 5.96 Å². The van der Waals surface area contributed by atoms with E-state index in [4.69, 9.17) is 16.2 Å². The highest BCUT2D eigenvalue weighted by molar-refractivity contribution is 5.81. The monoisotopic (exact) mass is 192 g/mol. The smallest absolute Gasteiger partial charge is 0.211 e. The molecule has 1 aromatic carbocycles. The number of hydrogen-bond acceptors (Lipinski definition) is 3. The fourth-order valence-electron chi connectivity index (χ4n) is 0.884. The van der Waals surface area contributed by atoms with Gasteiger partial charge in [0, 0.05) is 0 Å². The van der Waals surface area contributed by atoms with E-state index in [2.05, 4.69) is 10.2 Å². The fourth-order valence-corrected chi connectivity index (χ4v) is 0.884. The van der Waals surface area contributed by atoms with Crippen molar-refractivity contribution in [3.8, 4) is 5.75 Å². The molecule has 1 rings (SSSR count). The maximum absolute atomic E-state index is 5.10. The normalized spacial score (nSPS) is 10.1. The van der Waals surface area contributed by atoms with Gasteiger partial charge in [0.2, 0.25) is 5.96 Å². The molecule has 74 valence electrons. The number of ether oxygens (including phenoxy) is 1. The lowest BCUT2D eigenvalue weighted by Gasteiger charge is -1.98. The van der Waals surface area contributed by atoms with Crippen LogP contribution in [0.3, 0.4) is 0 Å². The van der Waals surface area contributed by atoms with Crippen LogP contribution < -0.4 is 16.2 Å². The molecule has 0 saturated heterocycles. The number of hydrogen-bond donors (Lipinski definition) is 2. The van der Waals surface area contributed by atoms with Gasteiger partial charge in [-0.2, -0.15) is 5.10 Å². The number of guanidine groups is 1. The highest BCUT2D eigenvalue weighted by Crippen LogP contribution is 2.10. The summed E-state index contributed by atoms with van der Waals surface area (Å²) in [6.45, 7) is 0. The average molecular weight is 192 g/mol. The van der Waals surface area contributed by atoms with E-state index in [1.807, 2.05) is 24.3 Å². The minimum Gasteiger partial charge on any atom is -0.497 e. The van der Waals surface area contributed by atoms with Gasteiger partial charge < -0.3 is 16.2 Å². The first-order valence-corrected chi connectivity index (χ1v) is 3.98. The molecule has 0 aliphatic heterocycles. The van der Waals surface area contributed by atoms with E-state index in [1.54, 1.807) is 13.3 Å². The summed E-state index contributed by atoms with van der Waals surface area (Å²) < 4.78 is 5.04. The molecule has 0 radical (unpaired) electrons. The Morgan fingerprint density at radius 3 is 2.86 bits per heavy atom. The van der Waals surface area contributed by atoms with Gasteiger partial charge >= 0.3 is 0 Å². The standard InChI is InChI=1S/C9H12N4O/c1-14-8-4-2-3-7(5-8)6-12-13-9(10)11/h2-6H,1H3,(H4,10,11,13)/b12-6-. The second kappa shape index (κ2) is 4.86. The van der Waals surface area contributed by atoms with Crippen LogP contribution in [0, 0.1) is 0 Å². The quantitative estimate of drug-likeness (QED) is 0.410. The van der Waals surface area contributed by atoms with Crippen LogP contribution in [0.1, 0.15) is 5.56 Å². The molecular formula is C9H12N4O. The molecule has 0 aliphatic rings. The van der Waals surface area contributed by atoms with Crippen LogP contribution in [-0.4, -0.2) is 19.3 Å². The van der Waals surface area contributed by atoms with Crippen molar-refractivity contribution >= 4 is 12.2 Å². The highest BCUT2D eigenvalue weighted by atomic mass is 16.5. The van der Waals surface area contributed by atoms with Gasteiger partial charge in [-0.15, -0.1) is 5.10 Å². The Labute approximate surface area is 82.1 Å². The Balaban J connectivity index is 2.76. The Morgan fingerprint density at radius 1 is 1.43 bits per heavy atom. The molecule has 4 N–H and O–H groups in total. The van der Waals surface area contributed by atoms with Gasteiger partial charge in [0.25, 0.3) is 0 Å². The van der Waals surface area contributed by atoms with Crippen LogP contribution in [0.4, 0.5) is 0 Å². The third-order valence-electron chi connectivity index (χ3n) is 1.47. The molecule has 14 heavy (non-hydrogen) atoms. The van der Waals surface area contributed by atoms with Gasteiger partial charge in [-0.05, 0) is 17.7 Å². The van der Waals surface area contributed by atoms with Crippen LogP contribution in [0.5, 0.6) is 5.75 Å². The van der Waals surface area contributed by atoms with Crippen LogP contribution in [0.15, 0.2) is 34.5 Å². The van der Waals surface area contributed by atoms with Gasteiger partial charge in [-0.25, -0.2) is 0 Å². The first kappa shape index (κ1) is 10.0. The predicted molar refractivity (Wildman–Crippen MR) is 56.4 cm³/mol. The second-order valence-corrected chi connectivity index (χ2v) is 2.55. The van der Waals surface area contributed by atoms with E-state index in [0.717, 1.165) is 11.3 Å². The van der Waals surface area contributed by atoms with Crippen molar-refractivity contribution in [3.63, 3.8) is 0 Å². The van der Waals surface area contributed by atoms with Crippen molar-refractivity contribution in [3.05, 3.63) is 29.8 Å². The van der Waals surface area contributed by atoms with Crippen molar-refractivity contribution in [2.45, 2.75) is 0 Å². The number of rotatable bonds is 3. The molecule has 0 amide bonds. The highest BCUT2D eigenvalue weighted by Gasteiger charge is 1.91. The van der Waals surface area contributed by atoms with Gasteiger partial charge in [0.1, 0.15) is 5.75 Å². The summed E-state index contributed by atoms with van der Waals surface area (Å²) >= 11 is 0. The van der Waals surface area contributed by atoms with Crippen LogP contribution in [0.2, 0.25) is 0 Å². The van der Waals surface area contributed by atoms with E-state index in [9.17, 15) is 0 Å². The van der Waals surface area contributed by atoms with Crippen LogP contribution in [-0.2, 0) is 0 Å². The zero-order valence-electron chi connectivity index (χ0n) is 7.84. The van der Waals surface area contributed by atoms with Crippen molar-refractivity contribution in [1.29, 1.82) is 0 Å². The lowest BCUT2D eigenvalue weighted by molar-refractivity contribution is 0.415. The maximum atomic E-state index is 5.10. The summed E-state index contributed by atoms with van der Waals surface area (Å²) in [5.41, 5.74) is 11.1. The van der Waals surface area contributed by atoms with Gasteiger partial charge in [0.05, 0.1) is 13.3 Å². The average Bonchev–Trinajstić information content (AvgIpc) is 2.18. The minimum atomic E-state index is -0.0656. The Kier molecular flexibility index (Phi) is 3.49. The molecule has 0 spiro atoms. The zero-order valence-corrected chi connectivity index (χ0v) is 7.84. The topological polar surface area (TPSA) is 86.0 Å². The fraction of sp³-hybridized carbons (Fsp3) is 0.111. The predicted octanol–water partition coefficient (Wildman–Crippen LogP) is 0.302.